The van der Waals surface area contributed by atoms with E-state index in [1.807, 2.05) is 0 Å². The number of amides is 1. The number of carbonyl (C=O) groups excluding carboxylic acids is 3. The molecule has 2 atom stereocenters. The Hall–Kier alpha value is -2.42. The molecule has 154 valence electrons. The Morgan fingerprint density at radius 3 is 2.18 bits per heavy atom. The zero-order valence-corrected chi connectivity index (χ0v) is 17.0. The Balaban J connectivity index is 2.35. The molecule has 1 aromatic heterocycles. The number of rotatable bonds is 7. The van der Waals surface area contributed by atoms with Gasteiger partial charge in [0.15, 0.2) is 0 Å². The first-order valence-electron chi connectivity index (χ1n) is 9.33. The number of thiophene rings is 1. The van der Waals surface area contributed by atoms with E-state index in [0.717, 1.165) is 24.2 Å². The van der Waals surface area contributed by atoms with Gasteiger partial charge >= 0.3 is 17.9 Å². The van der Waals surface area contributed by atoms with Crippen molar-refractivity contribution in [1.29, 1.82) is 0 Å². The molecular weight excluding hydrogens is 386 g/mol. The van der Waals surface area contributed by atoms with E-state index in [1.54, 1.807) is 20.8 Å². The number of carbonyl (C=O) groups is 4. The lowest BCUT2D eigenvalue weighted by atomic mass is 9.79. The highest BCUT2D eigenvalue weighted by molar-refractivity contribution is 7.18. The summed E-state index contributed by atoms with van der Waals surface area (Å²) in [4.78, 5) is 49.1. The summed E-state index contributed by atoms with van der Waals surface area (Å²) >= 11 is 0.936. The molecule has 8 nitrogen and oxygen atoms in total. The second kappa shape index (κ2) is 9.68. The molecule has 1 aromatic rings. The Morgan fingerprint density at radius 2 is 1.61 bits per heavy atom. The van der Waals surface area contributed by atoms with Crippen LogP contribution in [0.2, 0.25) is 0 Å². The third-order valence-corrected chi connectivity index (χ3v) is 5.93. The zero-order chi connectivity index (χ0) is 20.8. The minimum absolute atomic E-state index is 0.103. The molecule has 0 radical (unpaired) electrons. The van der Waals surface area contributed by atoms with E-state index in [9.17, 15) is 24.3 Å². The topological polar surface area (TPSA) is 119 Å². The van der Waals surface area contributed by atoms with E-state index in [0.29, 0.717) is 18.4 Å². The van der Waals surface area contributed by atoms with Gasteiger partial charge in [-0.05, 0) is 39.2 Å². The molecule has 1 amide bonds. The van der Waals surface area contributed by atoms with Crippen LogP contribution in [0.15, 0.2) is 0 Å². The molecule has 0 spiro atoms. The molecule has 1 heterocycles. The molecule has 1 aliphatic rings. The minimum Gasteiger partial charge on any atom is -0.481 e. The second-order valence-corrected chi connectivity index (χ2v) is 7.55. The second-order valence-electron chi connectivity index (χ2n) is 6.53. The molecule has 2 rings (SSSR count). The monoisotopic (exact) mass is 411 g/mol. The molecule has 0 saturated heterocycles. The van der Waals surface area contributed by atoms with Crippen LogP contribution in [0.1, 0.15) is 65.1 Å². The largest absolute Gasteiger partial charge is 0.481 e. The van der Waals surface area contributed by atoms with E-state index < -0.39 is 35.7 Å². The van der Waals surface area contributed by atoms with Crippen molar-refractivity contribution in [3.63, 3.8) is 0 Å². The number of esters is 2. The summed E-state index contributed by atoms with van der Waals surface area (Å²) in [6.07, 6.45) is 2.44. The van der Waals surface area contributed by atoms with Crippen molar-refractivity contribution in [3.05, 3.63) is 16.0 Å². The Bertz CT molecular complexity index is 771. The number of hydrogen-bond donors (Lipinski definition) is 2. The summed E-state index contributed by atoms with van der Waals surface area (Å²) < 4.78 is 10.1. The van der Waals surface area contributed by atoms with Crippen LogP contribution in [0.5, 0.6) is 0 Å². The van der Waals surface area contributed by atoms with Gasteiger partial charge < -0.3 is 19.9 Å². The molecule has 1 aliphatic carbocycles. The van der Waals surface area contributed by atoms with Gasteiger partial charge in [-0.25, -0.2) is 9.59 Å². The fraction of sp³-hybridized carbons (Fsp3) is 0.579. The summed E-state index contributed by atoms with van der Waals surface area (Å²) in [7, 11) is 0. The van der Waals surface area contributed by atoms with Crippen LogP contribution in [0, 0.1) is 18.8 Å². The van der Waals surface area contributed by atoms with Crippen molar-refractivity contribution in [2.75, 3.05) is 18.5 Å². The summed E-state index contributed by atoms with van der Waals surface area (Å²) in [6.45, 7) is 5.23. The number of carboxylic acid groups (broad SMARTS) is 1. The van der Waals surface area contributed by atoms with Crippen molar-refractivity contribution in [1.82, 2.24) is 0 Å². The van der Waals surface area contributed by atoms with Crippen LogP contribution in [0.25, 0.3) is 0 Å². The van der Waals surface area contributed by atoms with E-state index in [-0.39, 0.29) is 28.7 Å². The van der Waals surface area contributed by atoms with Crippen LogP contribution in [-0.2, 0) is 19.1 Å². The smallest absolute Gasteiger partial charge is 0.348 e. The van der Waals surface area contributed by atoms with Crippen LogP contribution in [0.4, 0.5) is 5.00 Å². The maximum atomic E-state index is 12.8. The summed E-state index contributed by atoms with van der Waals surface area (Å²) in [5.41, 5.74) is 0.474. The maximum absolute atomic E-state index is 12.8. The standard InChI is InChI=1S/C19H25NO7S/c1-4-26-18(24)13-10(3)14(19(25)27-5-2)28-16(13)20-15(21)11-8-6-7-9-12(11)17(22)23/h11-12H,4-9H2,1-3H3,(H,20,21)(H,22,23). The van der Waals surface area contributed by atoms with Crippen LogP contribution in [-0.4, -0.2) is 42.1 Å². The van der Waals surface area contributed by atoms with Crippen LogP contribution >= 0.6 is 11.3 Å². The molecule has 28 heavy (non-hydrogen) atoms. The van der Waals surface area contributed by atoms with Gasteiger partial charge in [-0.2, -0.15) is 0 Å². The predicted octanol–water partition coefficient (Wildman–Crippen LogP) is 3.24. The highest BCUT2D eigenvalue weighted by atomic mass is 32.1. The lowest BCUT2D eigenvalue weighted by Gasteiger charge is -2.27. The fourth-order valence-electron chi connectivity index (χ4n) is 3.39. The molecule has 9 heteroatoms. The van der Waals surface area contributed by atoms with Gasteiger partial charge in [0.2, 0.25) is 5.91 Å². The Labute approximate surface area is 167 Å². The molecule has 0 aromatic carbocycles. The van der Waals surface area contributed by atoms with E-state index >= 15 is 0 Å². The average molecular weight is 411 g/mol. The molecule has 1 fully saturated rings. The van der Waals surface area contributed by atoms with E-state index in [1.165, 1.54) is 0 Å². The van der Waals surface area contributed by atoms with Gasteiger partial charge in [0.25, 0.3) is 0 Å². The Kier molecular flexibility index (Phi) is 7.56. The van der Waals surface area contributed by atoms with Crippen molar-refractivity contribution in [2.24, 2.45) is 11.8 Å². The quantitative estimate of drug-likeness (QED) is 0.661. The van der Waals surface area contributed by atoms with Crippen molar-refractivity contribution >= 4 is 40.2 Å². The van der Waals surface area contributed by atoms with E-state index in [2.05, 4.69) is 5.32 Å². The van der Waals surface area contributed by atoms with Gasteiger partial charge in [0, 0.05) is 0 Å². The first-order chi connectivity index (χ1) is 13.3. The third kappa shape index (κ3) is 4.70. The summed E-state index contributed by atoms with van der Waals surface area (Å²) in [5.74, 6) is -4.15. The molecule has 0 aliphatic heterocycles. The van der Waals surface area contributed by atoms with Crippen LogP contribution in [0.3, 0.4) is 0 Å². The number of nitrogens with one attached hydrogen (secondary N) is 1. The number of hydrogen-bond acceptors (Lipinski definition) is 7. The molecule has 0 bridgehead atoms. The average Bonchev–Trinajstić information content (AvgIpc) is 2.98. The SMILES string of the molecule is CCOC(=O)c1sc(NC(=O)C2CCCCC2C(=O)O)c(C(=O)OCC)c1C. The lowest BCUT2D eigenvalue weighted by Crippen LogP contribution is -2.36. The first kappa shape index (κ1) is 21.9. The fourth-order valence-corrected chi connectivity index (χ4v) is 4.48. The van der Waals surface area contributed by atoms with Gasteiger partial charge in [-0.1, -0.05) is 12.8 Å². The van der Waals surface area contributed by atoms with Gasteiger partial charge in [-0.15, -0.1) is 11.3 Å². The zero-order valence-electron chi connectivity index (χ0n) is 16.2. The number of aliphatic carboxylic acids is 1. The van der Waals surface area contributed by atoms with Crippen molar-refractivity contribution in [3.8, 4) is 0 Å². The Morgan fingerprint density at radius 1 is 1.04 bits per heavy atom. The summed E-state index contributed by atoms with van der Waals surface area (Å²) in [5, 5.41) is 12.3. The minimum atomic E-state index is -1.000. The molecule has 2 unspecified atom stereocenters. The van der Waals surface area contributed by atoms with Crippen LogP contribution < -0.4 is 5.32 Å². The number of carboxylic acids is 1. The highest BCUT2D eigenvalue weighted by Crippen LogP contribution is 2.36. The highest BCUT2D eigenvalue weighted by Gasteiger charge is 2.37. The summed E-state index contributed by atoms with van der Waals surface area (Å²) in [6, 6.07) is 0. The normalized spacial score (nSPS) is 19.0. The number of ether oxygens (including phenoxy) is 2. The third-order valence-electron chi connectivity index (χ3n) is 4.74. The molecule has 2 N–H and O–H groups in total. The van der Waals surface area contributed by atoms with Crippen molar-refractivity contribution in [2.45, 2.75) is 46.5 Å². The van der Waals surface area contributed by atoms with Gasteiger partial charge in [-0.3, -0.25) is 9.59 Å². The predicted molar refractivity (Wildman–Crippen MR) is 103 cm³/mol. The van der Waals surface area contributed by atoms with Gasteiger partial charge in [0.05, 0.1) is 30.6 Å². The molecular formula is C19H25NO7S. The maximum Gasteiger partial charge on any atom is 0.348 e. The molecule has 1 saturated carbocycles. The van der Waals surface area contributed by atoms with E-state index in [4.69, 9.17) is 9.47 Å². The van der Waals surface area contributed by atoms with Gasteiger partial charge in [0.1, 0.15) is 9.88 Å². The lowest BCUT2D eigenvalue weighted by molar-refractivity contribution is -0.147. The first-order valence-corrected chi connectivity index (χ1v) is 10.1. The van der Waals surface area contributed by atoms with Crippen molar-refractivity contribution < 1.29 is 33.8 Å². The number of anilines is 1.